The molecule has 0 aliphatic heterocycles. The van der Waals surface area contributed by atoms with Crippen LogP contribution in [0.3, 0.4) is 0 Å². The van der Waals surface area contributed by atoms with Crippen molar-refractivity contribution in [1.82, 2.24) is 5.32 Å². The van der Waals surface area contributed by atoms with Crippen LogP contribution in [0.4, 0.5) is 0 Å². The fourth-order valence-corrected chi connectivity index (χ4v) is 2.45. The largest absolute Gasteiger partial charge is 0.481 e. The van der Waals surface area contributed by atoms with Crippen molar-refractivity contribution in [3.8, 4) is 0 Å². The van der Waals surface area contributed by atoms with Crippen molar-refractivity contribution in [2.75, 3.05) is 46.9 Å². The summed E-state index contributed by atoms with van der Waals surface area (Å²) in [6.07, 6.45) is 0.147. The summed E-state index contributed by atoms with van der Waals surface area (Å²) in [5.74, 6) is -2.15. The quantitative estimate of drug-likeness (QED) is 0.333. The molecule has 0 spiro atoms. The number of carboxylic acid groups (broad SMARTS) is 1. The highest BCUT2D eigenvalue weighted by Crippen LogP contribution is 2.12. The second kappa shape index (κ2) is 14.3. The third-order valence-electron chi connectivity index (χ3n) is 3.80. The van der Waals surface area contributed by atoms with E-state index in [-0.39, 0.29) is 32.3 Å². The number of aliphatic carboxylic acids is 1. The van der Waals surface area contributed by atoms with E-state index in [2.05, 4.69) is 5.32 Å². The SMILES string of the molecule is CCOCOC[C@H](C[C@H](COCCOC)C(=O)O)NC(=O)c1ccc(Cl)cc1. The number of hydrogen-bond donors (Lipinski definition) is 2. The van der Waals surface area contributed by atoms with Crippen LogP contribution in [0, 0.1) is 5.92 Å². The molecule has 0 aromatic heterocycles. The summed E-state index contributed by atoms with van der Waals surface area (Å²) < 4.78 is 20.8. The molecule has 158 valence electrons. The number of carbonyl (C=O) groups excluding carboxylic acids is 1. The molecule has 0 heterocycles. The third kappa shape index (κ3) is 10.0. The van der Waals surface area contributed by atoms with E-state index in [1.165, 1.54) is 7.11 Å². The van der Waals surface area contributed by atoms with Crippen molar-refractivity contribution in [2.24, 2.45) is 5.92 Å². The highest BCUT2D eigenvalue weighted by atomic mass is 35.5. The van der Waals surface area contributed by atoms with Gasteiger partial charge in [0.25, 0.3) is 5.91 Å². The van der Waals surface area contributed by atoms with E-state index >= 15 is 0 Å². The zero-order chi connectivity index (χ0) is 20.8. The molecule has 1 aromatic rings. The number of benzene rings is 1. The number of carbonyl (C=O) groups is 2. The van der Waals surface area contributed by atoms with Gasteiger partial charge in [-0.25, -0.2) is 0 Å². The highest BCUT2D eigenvalue weighted by Gasteiger charge is 2.25. The maximum atomic E-state index is 12.5. The first-order valence-electron chi connectivity index (χ1n) is 8.99. The Hall–Kier alpha value is -1.71. The fourth-order valence-electron chi connectivity index (χ4n) is 2.32. The van der Waals surface area contributed by atoms with Gasteiger partial charge in [-0.1, -0.05) is 11.6 Å². The lowest BCUT2D eigenvalue weighted by Crippen LogP contribution is -2.41. The van der Waals surface area contributed by atoms with E-state index in [0.29, 0.717) is 30.4 Å². The fraction of sp³-hybridized carbons (Fsp3) is 0.579. The van der Waals surface area contributed by atoms with Gasteiger partial charge in [0.15, 0.2) is 0 Å². The summed E-state index contributed by atoms with van der Waals surface area (Å²) in [6, 6.07) is 5.88. The molecule has 0 radical (unpaired) electrons. The molecule has 0 aliphatic rings. The van der Waals surface area contributed by atoms with Crippen molar-refractivity contribution >= 4 is 23.5 Å². The van der Waals surface area contributed by atoms with E-state index in [0.717, 1.165) is 0 Å². The second-order valence-corrected chi connectivity index (χ2v) is 6.43. The van der Waals surface area contributed by atoms with Crippen LogP contribution in [0.2, 0.25) is 5.02 Å². The molecule has 1 rings (SSSR count). The van der Waals surface area contributed by atoms with Crippen molar-refractivity contribution in [3.63, 3.8) is 0 Å². The normalized spacial score (nSPS) is 13.1. The van der Waals surface area contributed by atoms with Crippen LogP contribution in [0.15, 0.2) is 24.3 Å². The van der Waals surface area contributed by atoms with E-state index < -0.39 is 17.9 Å². The monoisotopic (exact) mass is 417 g/mol. The standard InChI is InChI=1S/C19H28ClNO7/c1-3-26-13-28-12-17(10-15(19(23)24)11-27-9-8-25-2)21-18(22)14-4-6-16(20)7-5-14/h4-7,15,17H,3,8-13H2,1-2H3,(H,21,22)(H,23,24)/t15-,17+/m1/s1. The maximum absolute atomic E-state index is 12.5. The van der Waals surface area contributed by atoms with Crippen LogP contribution in [0.25, 0.3) is 0 Å². The minimum absolute atomic E-state index is 0.0114. The number of methoxy groups -OCH3 is 1. The van der Waals surface area contributed by atoms with E-state index in [1.807, 2.05) is 6.92 Å². The van der Waals surface area contributed by atoms with Gasteiger partial charge >= 0.3 is 5.97 Å². The molecule has 0 aliphatic carbocycles. The molecule has 0 saturated heterocycles. The molecular weight excluding hydrogens is 390 g/mol. The molecule has 2 N–H and O–H groups in total. The first kappa shape index (κ1) is 24.3. The predicted molar refractivity (Wildman–Crippen MR) is 104 cm³/mol. The Morgan fingerprint density at radius 2 is 1.82 bits per heavy atom. The van der Waals surface area contributed by atoms with Gasteiger partial charge in [-0.15, -0.1) is 0 Å². The number of amides is 1. The van der Waals surface area contributed by atoms with Crippen LogP contribution in [-0.2, 0) is 23.7 Å². The van der Waals surface area contributed by atoms with Gasteiger partial charge < -0.3 is 29.4 Å². The Labute approximate surface area is 170 Å². The Morgan fingerprint density at radius 3 is 2.43 bits per heavy atom. The average Bonchev–Trinajstić information content (AvgIpc) is 2.67. The Morgan fingerprint density at radius 1 is 1.11 bits per heavy atom. The third-order valence-corrected chi connectivity index (χ3v) is 4.05. The predicted octanol–water partition coefficient (Wildman–Crippen LogP) is 2.20. The minimum Gasteiger partial charge on any atom is -0.481 e. The highest BCUT2D eigenvalue weighted by molar-refractivity contribution is 6.30. The van der Waals surface area contributed by atoms with Gasteiger partial charge in [0, 0.05) is 24.3 Å². The van der Waals surface area contributed by atoms with Crippen LogP contribution in [0.1, 0.15) is 23.7 Å². The molecule has 9 heteroatoms. The van der Waals surface area contributed by atoms with E-state index in [1.54, 1.807) is 24.3 Å². The van der Waals surface area contributed by atoms with E-state index in [4.69, 9.17) is 30.5 Å². The second-order valence-electron chi connectivity index (χ2n) is 6.00. The number of hydrogen-bond acceptors (Lipinski definition) is 6. The molecule has 2 atom stereocenters. The number of nitrogens with one attached hydrogen (secondary N) is 1. The smallest absolute Gasteiger partial charge is 0.308 e. The summed E-state index contributed by atoms with van der Waals surface area (Å²) in [5, 5.41) is 12.8. The molecule has 0 unspecified atom stereocenters. The minimum atomic E-state index is -1.01. The molecule has 28 heavy (non-hydrogen) atoms. The molecular formula is C19H28ClNO7. The topological polar surface area (TPSA) is 103 Å². The van der Waals surface area contributed by atoms with Gasteiger partial charge in [0.1, 0.15) is 6.79 Å². The summed E-state index contributed by atoms with van der Waals surface area (Å²) in [6.45, 7) is 3.18. The summed E-state index contributed by atoms with van der Waals surface area (Å²) in [5.41, 5.74) is 0.419. The lowest BCUT2D eigenvalue weighted by atomic mass is 10.0. The van der Waals surface area contributed by atoms with Crippen molar-refractivity contribution in [1.29, 1.82) is 0 Å². The van der Waals surface area contributed by atoms with Crippen molar-refractivity contribution < 1.29 is 33.6 Å². The molecule has 1 amide bonds. The molecule has 0 fully saturated rings. The Bertz CT molecular complexity index is 582. The molecule has 8 nitrogen and oxygen atoms in total. The maximum Gasteiger partial charge on any atom is 0.308 e. The first-order valence-corrected chi connectivity index (χ1v) is 9.37. The Balaban J connectivity index is 2.70. The van der Waals surface area contributed by atoms with Crippen LogP contribution in [0.5, 0.6) is 0 Å². The summed E-state index contributed by atoms with van der Waals surface area (Å²) in [4.78, 5) is 24.0. The van der Waals surface area contributed by atoms with Crippen LogP contribution in [-0.4, -0.2) is 70.0 Å². The van der Waals surface area contributed by atoms with Gasteiger partial charge in [-0.05, 0) is 37.6 Å². The zero-order valence-corrected chi connectivity index (χ0v) is 16.9. The van der Waals surface area contributed by atoms with Gasteiger partial charge in [-0.2, -0.15) is 0 Å². The molecule has 1 aromatic carbocycles. The number of carboxylic acids is 1. The van der Waals surface area contributed by atoms with E-state index in [9.17, 15) is 14.7 Å². The number of rotatable bonds is 15. The lowest BCUT2D eigenvalue weighted by molar-refractivity contribution is -0.145. The van der Waals surface area contributed by atoms with Crippen LogP contribution >= 0.6 is 11.6 Å². The molecule has 0 saturated carbocycles. The zero-order valence-electron chi connectivity index (χ0n) is 16.2. The number of ether oxygens (including phenoxy) is 4. The lowest BCUT2D eigenvalue weighted by Gasteiger charge is -2.22. The summed E-state index contributed by atoms with van der Waals surface area (Å²) in [7, 11) is 1.54. The number of halogens is 1. The van der Waals surface area contributed by atoms with Crippen LogP contribution < -0.4 is 5.32 Å². The first-order chi connectivity index (χ1) is 13.5. The van der Waals surface area contributed by atoms with Crippen molar-refractivity contribution in [2.45, 2.75) is 19.4 Å². The van der Waals surface area contributed by atoms with Gasteiger partial charge in [-0.3, -0.25) is 9.59 Å². The Kier molecular flexibility index (Phi) is 12.4. The average molecular weight is 418 g/mol. The van der Waals surface area contributed by atoms with Gasteiger partial charge in [0.2, 0.25) is 0 Å². The summed E-state index contributed by atoms with van der Waals surface area (Å²) >= 11 is 5.84. The molecule has 0 bridgehead atoms. The van der Waals surface area contributed by atoms with Crippen molar-refractivity contribution in [3.05, 3.63) is 34.9 Å². The van der Waals surface area contributed by atoms with Gasteiger partial charge in [0.05, 0.1) is 38.4 Å².